The summed E-state index contributed by atoms with van der Waals surface area (Å²) >= 11 is 9.04. The van der Waals surface area contributed by atoms with Crippen LogP contribution in [0.5, 0.6) is 0 Å². The van der Waals surface area contributed by atoms with E-state index in [-0.39, 0.29) is 16.5 Å². The van der Waals surface area contributed by atoms with Crippen LogP contribution in [-0.2, 0) is 10.5 Å². The summed E-state index contributed by atoms with van der Waals surface area (Å²) in [5, 5.41) is 23.5. The maximum absolute atomic E-state index is 13.8. The van der Waals surface area contributed by atoms with Crippen LogP contribution in [-0.4, -0.2) is 27.0 Å². The SMILES string of the molecule is O=C(C1=C(O)C(=O)N(c2nnc(SCc3cccc4ccccc34)s2)C1c1cccc(Cl)c1)c1cc2ccccc2o1. The molecule has 2 aromatic heterocycles. The molecule has 1 aliphatic heterocycles. The number of aromatic nitrogens is 2. The van der Waals surface area contributed by atoms with Gasteiger partial charge in [-0.15, -0.1) is 10.2 Å². The van der Waals surface area contributed by atoms with E-state index in [1.54, 1.807) is 42.5 Å². The van der Waals surface area contributed by atoms with Gasteiger partial charge in [-0.2, -0.15) is 0 Å². The van der Waals surface area contributed by atoms with Crippen molar-refractivity contribution in [3.05, 3.63) is 130 Å². The van der Waals surface area contributed by atoms with E-state index in [2.05, 4.69) is 34.5 Å². The molecule has 3 heterocycles. The molecular formula is C32H20ClN3O4S2. The van der Waals surface area contributed by atoms with Crippen LogP contribution < -0.4 is 4.90 Å². The molecular weight excluding hydrogens is 590 g/mol. The molecule has 10 heteroatoms. The van der Waals surface area contributed by atoms with Crippen molar-refractivity contribution in [3.63, 3.8) is 0 Å². The smallest absolute Gasteiger partial charge is 0.296 e. The van der Waals surface area contributed by atoms with Crippen molar-refractivity contribution in [2.24, 2.45) is 0 Å². The Hall–Kier alpha value is -4.44. The molecule has 42 heavy (non-hydrogen) atoms. The molecule has 4 aromatic carbocycles. The first-order chi connectivity index (χ1) is 20.5. The van der Waals surface area contributed by atoms with E-state index < -0.39 is 23.5 Å². The normalized spacial score (nSPS) is 15.3. The predicted octanol–water partition coefficient (Wildman–Crippen LogP) is 8.17. The number of ketones is 1. The van der Waals surface area contributed by atoms with Crippen LogP contribution >= 0.6 is 34.7 Å². The fourth-order valence-corrected chi connectivity index (χ4v) is 7.24. The maximum atomic E-state index is 13.8. The number of furan rings is 1. The Morgan fingerprint density at radius 3 is 2.55 bits per heavy atom. The van der Waals surface area contributed by atoms with E-state index in [0.29, 0.717) is 26.3 Å². The molecule has 1 unspecified atom stereocenters. The largest absolute Gasteiger partial charge is 0.503 e. The summed E-state index contributed by atoms with van der Waals surface area (Å²) < 4.78 is 6.45. The number of thioether (sulfide) groups is 1. The van der Waals surface area contributed by atoms with E-state index in [1.807, 2.05) is 30.3 Å². The third-order valence-corrected chi connectivity index (χ3v) is 9.44. The number of rotatable bonds is 7. The number of hydrogen-bond acceptors (Lipinski definition) is 8. The van der Waals surface area contributed by atoms with E-state index >= 15 is 0 Å². The summed E-state index contributed by atoms with van der Waals surface area (Å²) in [5.41, 5.74) is 2.11. The number of halogens is 1. The zero-order valence-electron chi connectivity index (χ0n) is 21.7. The average molecular weight is 610 g/mol. The van der Waals surface area contributed by atoms with Gasteiger partial charge >= 0.3 is 0 Å². The number of benzene rings is 4. The highest BCUT2D eigenvalue weighted by Crippen LogP contribution is 2.44. The van der Waals surface area contributed by atoms with Crippen LogP contribution in [0.25, 0.3) is 21.7 Å². The van der Waals surface area contributed by atoms with Crippen molar-refractivity contribution < 1.29 is 19.1 Å². The number of carbonyl (C=O) groups excluding carboxylic acids is 2. The van der Waals surface area contributed by atoms with Crippen LogP contribution in [0.2, 0.25) is 5.02 Å². The molecule has 0 saturated carbocycles. The number of carbonyl (C=O) groups is 2. The van der Waals surface area contributed by atoms with Crippen LogP contribution in [0.15, 0.2) is 117 Å². The number of nitrogens with zero attached hydrogens (tertiary/aromatic N) is 3. The minimum Gasteiger partial charge on any atom is -0.503 e. The van der Waals surface area contributed by atoms with Crippen molar-refractivity contribution in [1.29, 1.82) is 0 Å². The number of hydrogen-bond donors (Lipinski definition) is 1. The second-order valence-corrected chi connectivity index (χ2v) is 12.3. The molecule has 0 aliphatic carbocycles. The number of anilines is 1. The van der Waals surface area contributed by atoms with Crippen LogP contribution in [0.1, 0.15) is 27.7 Å². The van der Waals surface area contributed by atoms with Gasteiger partial charge < -0.3 is 9.52 Å². The first kappa shape index (κ1) is 26.5. The summed E-state index contributed by atoms with van der Waals surface area (Å²) in [4.78, 5) is 28.7. The van der Waals surface area contributed by atoms with Gasteiger partial charge in [0, 0.05) is 16.2 Å². The monoisotopic (exact) mass is 609 g/mol. The molecule has 7 nitrogen and oxygen atoms in total. The fraction of sp³-hybridized carbons (Fsp3) is 0.0625. The van der Waals surface area contributed by atoms with Gasteiger partial charge in [0.1, 0.15) is 5.58 Å². The van der Waals surface area contributed by atoms with Gasteiger partial charge in [0.25, 0.3) is 5.91 Å². The van der Waals surface area contributed by atoms with Crippen molar-refractivity contribution in [3.8, 4) is 0 Å². The van der Waals surface area contributed by atoms with Gasteiger partial charge in [-0.3, -0.25) is 14.5 Å². The Balaban J connectivity index is 1.23. The number of para-hydroxylation sites is 1. The number of fused-ring (bicyclic) bond motifs is 2. The highest BCUT2D eigenvalue weighted by Gasteiger charge is 2.46. The van der Waals surface area contributed by atoms with E-state index in [9.17, 15) is 14.7 Å². The molecule has 0 radical (unpaired) electrons. The Kier molecular flexibility index (Phi) is 6.78. The average Bonchev–Trinajstić information content (AvgIpc) is 3.72. The zero-order valence-corrected chi connectivity index (χ0v) is 24.1. The molecule has 6 aromatic rings. The van der Waals surface area contributed by atoms with Crippen molar-refractivity contribution in [1.82, 2.24) is 10.2 Å². The van der Waals surface area contributed by atoms with E-state index in [1.165, 1.54) is 28.0 Å². The summed E-state index contributed by atoms with van der Waals surface area (Å²) in [6, 6.07) is 29.0. The Morgan fingerprint density at radius 1 is 0.952 bits per heavy atom. The number of aliphatic hydroxyl groups is 1. The molecule has 0 spiro atoms. The van der Waals surface area contributed by atoms with Gasteiger partial charge in [0.05, 0.1) is 11.6 Å². The second kappa shape index (κ2) is 10.8. The van der Waals surface area contributed by atoms with Gasteiger partial charge in [-0.25, -0.2) is 0 Å². The third kappa shape index (κ3) is 4.65. The third-order valence-electron chi connectivity index (χ3n) is 7.10. The number of aliphatic hydroxyl groups excluding tert-OH is 1. The van der Waals surface area contributed by atoms with Crippen molar-refractivity contribution in [2.75, 3.05) is 4.90 Å². The quantitative estimate of drug-likeness (QED) is 0.111. The maximum Gasteiger partial charge on any atom is 0.296 e. The molecule has 0 bridgehead atoms. The second-order valence-electron chi connectivity index (χ2n) is 9.65. The molecule has 1 N–H and O–H groups in total. The summed E-state index contributed by atoms with van der Waals surface area (Å²) in [7, 11) is 0. The van der Waals surface area contributed by atoms with Gasteiger partial charge in [0.2, 0.25) is 10.9 Å². The Labute approximate surface area is 253 Å². The van der Waals surface area contributed by atoms with Crippen molar-refractivity contribution in [2.45, 2.75) is 16.1 Å². The van der Waals surface area contributed by atoms with E-state index in [0.717, 1.165) is 21.7 Å². The lowest BCUT2D eigenvalue weighted by Crippen LogP contribution is -2.31. The zero-order chi connectivity index (χ0) is 28.8. The first-order valence-electron chi connectivity index (χ1n) is 13.0. The lowest BCUT2D eigenvalue weighted by Gasteiger charge is -2.23. The number of amides is 1. The molecule has 1 amide bonds. The minimum atomic E-state index is -0.985. The summed E-state index contributed by atoms with van der Waals surface area (Å²) in [6.45, 7) is 0. The minimum absolute atomic E-state index is 0.0167. The topological polar surface area (TPSA) is 96.5 Å². The molecule has 206 valence electrons. The van der Waals surface area contributed by atoms with E-state index in [4.69, 9.17) is 16.0 Å². The predicted molar refractivity (Wildman–Crippen MR) is 165 cm³/mol. The standard InChI is InChI=1S/C32H20ClN3O4S2/c33-22-12-6-10-20(15-22)27-26(28(37)25-16-19-8-2-4-14-24(19)40-25)29(38)30(39)36(27)31-34-35-32(42-31)41-17-21-11-5-9-18-7-1-3-13-23(18)21/h1-16,27,38H,17H2. The van der Waals surface area contributed by atoms with Gasteiger partial charge in [-0.1, -0.05) is 107 Å². The highest BCUT2D eigenvalue weighted by molar-refractivity contribution is 8.00. The lowest BCUT2D eigenvalue weighted by molar-refractivity contribution is -0.117. The van der Waals surface area contributed by atoms with Crippen molar-refractivity contribution >= 4 is 73.3 Å². The molecule has 0 saturated heterocycles. The van der Waals surface area contributed by atoms with Crippen LogP contribution in [0.4, 0.5) is 5.13 Å². The fourth-order valence-electron chi connectivity index (χ4n) is 5.17. The molecule has 0 fully saturated rings. The molecule has 1 atom stereocenters. The number of Topliss-reactive ketones (excluding diaryl/α,β-unsaturated/α-hetero) is 1. The van der Waals surface area contributed by atoms with Gasteiger partial charge in [-0.05, 0) is 46.2 Å². The summed E-state index contributed by atoms with van der Waals surface area (Å²) in [5.74, 6) is -1.34. The Morgan fingerprint density at radius 2 is 1.71 bits per heavy atom. The Bertz CT molecular complexity index is 2010. The summed E-state index contributed by atoms with van der Waals surface area (Å²) in [6.07, 6.45) is 0. The molecule has 7 rings (SSSR count). The van der Waals surface area contributed by atoms with Gasteiger partial charge in [0.15, 0.2) is 15.9 Å². The first-order valence-corrected chi connectivity index (χ1v) is 15.1. The highest BCUT2D eigenvalue weighted by atomic mass is 35.5. The van der Waals surface area contributed by atoms with Crippen LogP contribution in [0.3, 0.4) is 0 Å². The van der Waals surface area contributed by atoms with Crippen LogP contribution in [0, 0.1) is 0 Å². The molecule has 1 aliphatic rings. The lowest BCUT2D eigenvalue weighted by atomic mass is 9.95.